The van der Waals surface area contributed by atoms with Gasteiger partial charge in [-0.2, -0.15) is 0 Å². The molecule has 70 valence electrons. The van der Waals surface area contributed by atoms with E-state index in [1.807, 2.05) is 0 Å². The summed E-state index contributed by atoms with van der Waals surface area (Å²) >= 11 is 11.6. The van der Waals surface area contributed by atoms with E-state index in [9.17, 15) is 0 Å². The van der Waals surface area contributed by atoms with E-state index in [2.05, 4.69) is 10.3 Å². The van der Waals surface area contributed by atoms with Crippen molar-refractivity contribution in [3.8, 4) is 0 Å². The van der Waals surface area contributed by atoms with Crippen LogP contribution >= 0.6 is 23.2 Å². The Morgan fingerprint density at radius 1 is 1.46 bits per heavy atom. The van der Waals surface area contributed by atoms with Gasteiger partial charge in [-0.25, -0.2) is 0 Å². The SMILES string of the molecule is CN=C(N)Nc1ccc(Cl)cc1Cl. The van der Waals surface area contributed by atoms with Crippen molar-refractivity contribution in [1.29, 1.82) is 0 Å². The minimum absolute atomic E-state index is 0.309. The van der Waals surface area contributed by atoms with Crippen LogP contribution in [-0.2, 0) is 0 Å². The maximum atomic E-state index is 5.87. The fourth-order valence-electron chi connectivity index (χ4n) is 0.785. The number of guanidine groups is 1. The molecule has 13 heavy (non-hydrogen) atoms. The molecule has 0 saturated heterocycles. The first-order valence-electron chi connectivity index (χ1n) is 3.58. The fourth-order valence-corrected chi connectivity index (χ4v) is 1.24. The van der Waals surface area contributed by atoms with Crippen LogP contribution in [0.1, 0.15) is 0 Å². The molecule has 0 bridgehead atoms. The highest BCUT2D eigenvalue weighted by Gasteiger charge is 2.00. The number of nitrogens with zero attached hydrogens (tertiary/aromatic N) is 1. The van der Waals surface area contributed by atoms with Gasteiger partial charge in [-0.3, -0.25) is 4.99 Å². The number of hydrogen-bond acceptors (Lipinski definition) is 1. The summed E-state index contributed by atoms with van der Waals surface area (Å²) in [4.78, 5) is 3.74. The van der Waals surface area contributed by atoms with Crippen molar-refractivity contribution in [1.82, 2.24) is 0 Å². The van der Waals surface area contributed by atoms with Crippen LogP contribution in [-0.4, -0.2) is 13.0 Å². The van der Waals surface area contributed by atoms with Gasteiger partial charge in [-0.1, -0.05) is 23.2 Å². The number of nitrogens with two attached hydrogens (primary N) is 1. The van der Waals surface area contributed by atoms with E-state index in [4.69, 9.17) is 28.9 Å². The van der Waals surface area contributed by atoms with E-state index in [1.54, 1.807) is 25.2 Å². The van der Waals surface area contributed by atoms with Gasteiger partial charge in [0.2, 0.25) is 0 Å². The summed E-state index contributed by atoms with van der Waals surface area (Å²) in [7, 11) is 1.59. The third-order valence-electron chi connectivity index (χ3n) is 1.43. The van der Waals surface area contributed by atoms with Crippen molar-refractivity contribution in [3.05, 3.63) is 28.2 Å². The van der Waals surface area contributed by atoms with Crippen LogP contribution in [0, 0.1) is 0 Å². The Labute approximate surface area is 86.6 Å². The molecule has 0 unspecified atom stereocenters. The molecule has 0 spiro atoms. The van der Waals surface area contributed by atoms with Gasteiger partial charge in [0.05, 0.1) is 10.7 Å². The van der Waals surface area contributed by atoms with Crippen LogP contribution < -0.4 is 11.1 Å². The van der Waals surface area contributed by atoms with Gasteiger partial charge >= 0.3 is 0 Å². The molecule has 0 aromatic heterocycles. The third kappa shape index (κ3) is 2.79. The van der Waals surface area contributed by atoms with Crippen molar-refractivity contribution in [2.24, 2.45) is 10.7 Å². The molecule has 0 saturated carbocycles. The summed E-state index contributed by atoms with van der Waals surface area (Å²) in [6, 6.07) is 5.09. The predicted octanol–water partition coefficient (Wildman–Crippen LogP) is 2.35. The first-order valence-corrected chi connectivity index (χ1v) is 4.33. The molecule has 0 radical (unpaired) electrons. The van der Waals surface area contributed by atoms with Gasteiger partial charge in [0.15, 0.2) is 5.96 Å². The Hall–Kier alpha value is -0.930. The molecule has 1 aromatic rings. The minimum atomic E-state index is 0.309. The average Bonchev–Trinajstić information content (AvgIpc) is 2.09. The number of rotatable bonds is 1. The number of benzene rings is 1. The molecule has 5 heteroatoms. The third-order valence-corrected chi connectivity index (χ3v) is 1.98. The standard InChI is InChI=1S/C8H9Cl2N3/c1-12-8(11)13-7-3-2-5(9)4-6(7)10/h2-4H,1H3,(H3,11,12,13). The second kappa shape index (κ2) is 4.35. The van der Waals surface area contributed by atoms with E-state index in [0.717, 1.165) is 0 Å². The molecule has 3 nitrogen and oxygen atoms in total. The highest BCUT2D eigenvalue weighted by molar-refractivity contribution is 6.36. The Kier molecular flexibility index (Phi) is 3.39. The highest BCUT2D eigenvalue weighted by atomic mass is 35.5. The smallest absolute Gasteiger partial charge is 0.192 e. The van der Waals surface area contributed by atoms with Crippen LogP contribution in [0.3, 0.4) is 0 Å². The molecule has 1 aromatic carbocycles. The van der Waals surface area contributed by atoms with E-state index >= 15 is 0 Å². The highest BCUT2D eigenvalue weighted by Crippen LogP contribution is 2.24. The van der Waals surface area contributed by atoms with E-state index < -0.39 is 0 Å². The number of aliphatic imine (C=N–C) groups is 1. The van der Waals surface area contributed by atoms with Gasteiger partial charge in [-0.15, -0.1) is 0 Å². The van der Waals surface area contributed by atoms with Crippen LogP contribution in [0.2, 0.25) is 10.0 Å². The van der Waals surface area contributed by atoms with Gasteiger partial charge < -0.3 is 11.1 Å². The number of halogens is 2. The van der Waals surface area contributed by atoms with Crippen molar-refractivity contribution in [3.63, 3.8) is 0 Å². The topological polar surface area (TPSA) is 50.4 Å². The van der Waals surface area contributed by atoms with Crippen LogP contribution in [0.5, 0.6) is 0 Å². The van der Waals surface area contributed by atoms with E-state index in [1.165, 1.54) is 0 Å². The summed E-state index contributed by atoms with van der Waals surface area (Å²) in [5, 5.41) is 3.92. The molecule has 0 fully saturated rings. The normalized spacial score (nSPS) is 11.5. The lowest BCUT2D eigenvalue weighted by atomic mass is 10.3. The molecular weight excluding hydrogens is 209 g/mol. The lowest BCUT2D eigenvalue weighted by molar-refractivity contribution is 1.38. The number of nitrogens with one attached hydrogen (secondary N) is 1. The Bertz CT molecular complexity index is 336. The van der Waals surface area contributed by atoms with E-state index in [0.29, 0.717) is 21.7 Å². The maximum absolute atomic E-state index is 5.87. The van der Waals surface area contributed by atoms with Crippen molar-refractivity contribution >= 4 is 34.8 Å². The monoisotopic (exact) mass is 217 g/mol. The zero-order chi connectivity index (χ0) is 9.84. The summed E-state index contributed by atoms with van der Waals surface area (Å²) in [5.74, 6) is 0.309. The summed E-state index contributed by atoms with van der Waals surface area (Å²) in [5.41, 5.74) is 6.15. The molecule has 0 aliphatic rings. The second-order valence-electron chi connectivity index (χ2n) is 2.36. The Balaban J connectivity index is 2.90. The summed E-state index contributed by atoms with van der Waals surface area (Å²) < 4.78 is 0. The van der Waals surface area contributed by atoms with Crippen molar-refractivity contribution in [2.45, 2.75) is 0 Å². The fraction of sp³-hybridized carbons (Fsp3) is 0.125. The van der Waals surface area contributed by atoms with Gasteiger partial charge in [0, 0.05) is 12.1 Å². The molecule has 0 atom stereocenters. The van der Waals surface area contributed by atoms with Gasteiger partial charge in [0.1, 0.15) is 0 Å². The van der Waals surface area contributed by atoms with Crippen LogP contribution in [0.4, 0.5) is 5.69 Å². The zero-order valence-electron chi connectivity index (χ0n) is 7.01. The molecule has 0 aliphatic carbocycles. The van der Waals surface area contributed by atoms with E-state index in [-0.39, 0.29) is 0 Å². The zero-order valence-corrected chi connectivity index (χ0v) is 8.52. The van der Waals surface area contributed by atoms with Crippen LogP contribution in [0.25, 0.3) is 0 Å². The number of anilines is 1. The lowest BCUT2D eigenvalue weighted by Gasteiger charge is -2.06. The summed E-state index contributed by atoms with van der Waals surface area (Å²) in [6.45, 7) is 0. The van der Waals surface area contributed by atoms with Crippen molar-refractivity contribution in [2.75, 3.05) is 12.4 Å². The first-order chi connectivity index (χ1) is 6.13. The molecule has 0 heterocycles. The van der Waals surface area contributed by atoms with Crippen molar-refractivity contribution < 1.29 is 0 Å². The average molecular weight is 218 g/mol. The Morgan fingerprint density at radius 3 is 2.69 bits per heavy atom. The maximum Gasteiger partial charge on any atom is 0.192 e. The predicted molar refractivity (Wildman–Crippen MR) is 57.6 cm³/mol. The molecular formula is C8H9Cl2N3. The largest absolute Gasteiger partial charge is 0.370 e. The molecule has 0 amide bonds. The number of hydrogen-bond donors (Lipinski definition) is 2. The summed E-state index contributed by atoms with van der Waals surface area (Å²) in [6.07, 6.45) is 0. The quantitative estimate of drug-likeness (QED) is 0.561. The lowest BCUT2D eigenvalue weighted by Crippen LogP contribution is -2.22. The van der Waals surface area contributed by atoms with Gasteiger partial charge in [-0.05, 0) is 18.2 Å². The van der Waals surface area contributed by atoms with Gasteiger partial charge in [0.25, 0.3) is 0 Å². The first kappa shape index (κ1) is 10.2. The second-order valence-corrected chi connectivity index (χ2v) is 3.20. The molecule has 0 aliphatic heterocycles. The minimum Gasteiger partial charge on any atom is -0.370 e. The molecule has 1 rings (SSSR count). The molecule has 3 N–H and O–H groups in total. The Morgan fingerprint density at radius 2 is 2.15 bits per heavy atom. The van der Waals surface area contributed by atoms with Crippen LogP contribution in [0.15, 0.2) is 23.2 Å².